The second kappa shape index (κ2) is 9.85. The molecule has 0 radical (unpaired) electrons. The molecule has 0 amide bonds. The molecule has 2 aliphatic heterocycles. The first-order valence-corrected chi connectivity index (χ1v) is 12.2. The van der Waals surface area contributed by atoms with Gasteiger partial charge in [0.1, 0.15) is 0 Å². The van der Waals surface area contributed by atoms with Crippen molar-refractivity contribution < 1.29 is 27.5 Å². The molecular formula is C22H27N3O6S. The number of hydrogen-bond acceptors (Lipinski definition) is 7. The van der Waals surface area contributed by atoms with Crippen LogP contribution in [0.4, 0.5) is 5.69 Å². The largest absolute Gasteiger partial charge is 0.454 e. The molecule has 0 aliphatic carbocycles. The van der Waals surface area contributed by atoms with Gasteiger partial charge in [-0.1, -0.05) is 6.42 Å². The highest BCUT2D eigenvalue weighted by Crippen LogP contribution is 2.28. The Labute approximate surface area is 187 Å². The van der Waals surface area contributed by atoms with E-state index in [1.165, 1.54) is 16.4 Å². The highest BCUT2D eigenvalue weighted by atomic mass is 32.2. The van der Waals surface area contributed by atoms with Crippen LogP contribution in [0.1, 0.15) is 40.1 Å². The van der Waals surface area contributed by atoms with Crippen LogP contribution in [0.25, 0.3) is 0 Å². The van der Waals surface area contributed by atoms with Gasteiger partial charge in [0, 0.05) is 32.4 Å². The number of sulfonamides is 1. The topological polar surface area (TPSA) is 109 Å². The maximum atomic E-state index is 13.2. The molecule has 2 aliphatic rings. The fraction of sp³-hybridized carbons (Fsp3) is 0.455. The van der Waals surface area contributed by atoms with E-state index in [-0.39, 0.29) is 16.2 Å². The number of piperidine rings is 1. The van der Waals surface area contributed by atoms with Crippen LogP contribution in [-0.4, -0.2) is 75.5 Å². The van der Waals surface area contributed by atoms with Crippen molar-refractivity contribution in [3.63, 3.8) is 0 Å². The molecule has 2 aromatic rings. The van der Waals surface area contributed by atoms with Gasteiger partial charge in [-0.25, -0.2) is 13.2 Å². The average Bonchev–Trinajstić information content (AvgIpc) is 3.38. The smallest absolute Gasteiger partial charge is 0.340 e. The number of aromatic nitrogens is 1. The van der Waals surface area contributed by atoms with E-state index >= 15 is 0 Å². The Hall–Kier alpha value is -2.69. The van der Waals surface area contributed by atoms with E-state index < -0.39 is 22.6 Å². The molecule has 1 aromatic heterocycles. The Bertz CT molecular complexity index is 1060. The predicted molar refractivity (Wildman–Crippen MR) is 117 cm³/mol. The van der Waals surface area contributed by atoms with Crippen molar-refractivity contribution in [3.05, 3.63) is 47.8 Å². The zero-order chi connectivity index (χ0) is 22.6. The standard InChI is InChI=1S/C22H27N3O6S/c26-21(19-5-4-8-23-19)16-31-22(27)18-15-17(32(28,29)25-9-2-1-3-10-25)6-7-20(18)24-11-13-30-14-12-24/h4-8,15,23H,1-3,9-14,16H2. The number of carbonyl (C=O) groups excluding carboxylic acids is 2. The van der Waals surface area contributed by atoms with Crippen molar-refractivity contribution in [3.8, 4) is 0 Å². The number of Topliss-reactive ketones (excluding diaryl/α,β-unsaturated/α-hetero) is 1. The third-order valence-corrected chi connectivity index (χ3v) is 7.62. The van der Waals surface area contributed by atoms with E-state index in [2.05, 4.69) is 4.98 Å². The number of anilines is 1. The lowest BCUT2D eigenvalue weighted by molar-refractivity contribution is 0.0473. The van der Waals surface area contributed by atoms with Crippen LogP contribution < -0.4 is 4.90 Å². The number of nitrogens with one attached hydrogen (secondary N) is 1. The monoisotopic (exact) mass is 461 g/mol. The molecule has 10 heteroatoms. The Kier molecular flexibility index (Phi) is 6.92. The number of ether oxygens (including phenoxy) is 2. The second-order valence-electron chi connectivity index (χ2n) is 7.83. The molecule has 9 nitrogen and oxygen atoms in total. The van der Waals surface area contributed by atoms with E-state index in [0.29, 0.717) is 50.8 Å². The molecule has 0 saturated carbocycles. The SMILES string of the molecule is O=C(COC(=O)c1cc(S(=O)(=O)N2CCCCC2)ccc1N1CCOCC1)c1ccc[nH]1. The zero-order valence-electron chi connectivity index (χ0n) is 17.8. The van der Waals surface area contributed by atoms with Crippen LogP contribution in [0, 0.1) is 0 Å². The number of morpholine rings is 1. The average molecular weight is 462 g/mol. The summed E-state index contributed by atoms with van der Waals surface area (Å²) in [5, 5.41) is 0. The van der Waals surface area contributed by atoms with Crippen LogP contribution in [0.5, 0.6) is 0 Å². The van der Waals surface area contributed by atoms with Crippen LogP contribution >= 0.6 is 0 Å². The summed E-state index contributed by atoms with van der Waals surface area (Å²) in [6.07, 6.45) is 4.26. The molecular weight excluding hydrogens is 434 g/mol. The first kappa shape index (κ1) is 22.5. The van der Waals surface area contributed by atoms with E-state index in [1.807, 2.05) is 4.90 Å². The zero-order valence-corrected chi connectivity index (χ0v) is 18.6. The Morgan fingerprint density at radius 3 is 2.47 bits per heavy atom. The summed E-state index contributed by atoms with van der Waals surface area (Å²) in [4.78, 5) is 30.0. The van der Waals surface area contributed by atoms with Crippen LogP contribution in [0.3, 0.4) is 0 Å². The van der Waals surface area contributed by atoms with E-state index in [1.54, 1.807) is 24.4 Å². The number of ketones is 1. The minimum atomic E-state index is -3.72. The van der Waals surface area contributed by atoms with Crippen molar-refractivity contribution in [1.29, 1.82) is 0 Å². The predicted octanol–water partition coefficient (Wildman–Crippen LogP) is 2.07. The Morgan fingerprint density at radius 1 is 1.03 bits per heavy atom. The van der Waals surface area contributed by atoms with E-state index in [0.717, 1.165) is 19.3 Å². The fourth-order valence-corrected chi connectivity index (χ4v) is 5.51. The lowest BCUT2D eigenvalue weighted by Crippen LogP contribution is -2.38. The summed E-state index contributed by atoms with van der Waals surface area (Å²) in [7, 11) is -3.72. The normalized spacial score (nSPS) is 17.8. The molecule has 1 N–H and O–H groups in total. The molecule has 32 heavy (non-hydrogen) atoms. The third-order valence-electron chi connectivity index (χ3n) is 5.73. The maximum absolute atomic E-state index is 13.2. The molecule has 0 atom stereocenters. The van der Waals surface area contributed by atoms with Crippen LogP contribution in [0.2, 0.25) is 0 Å². The lowest BCUT2D eigenvalue weighted by Gasteiger charge is -2.31. The van der Waals surface area contributed by atoms with Gasteiger partial charge in [0.2, 0.25) is 15.8 Å². The van der Waals surface area contributed by atoms with Gasteiger partial charge in [-0.15, -0.1) is 0 Å². The first-order chi connectivity index (χ1) is 15.5. The highest BCUT2D eigenvalue weighted by Gasteiger charge is 2.29. The van der Waals surface area contributed by atoms with Crippen molar-refractivity contribution >= 4 is 27.5 Å². The van der Waals surface area contributed by atoms with Gasteiger partial charge in [-0.05, 0) is 43.2 Å². The van der Waals surface area contributed by atoms with Gasteiger partial charge in [0.25, 0.3) is 0 Å². The van der Waals surface area contributed by atoms with Gasteiger partial charge in [-0.3, -0.25) is 4.79 Å². The molecule has 0 spiro atoms. The number of esters is 1. The third kappa shape index (κ3) is 4.87. The first-order valence-electron chi connectivity index (χ1n) is 10.8. The van der Waals surface area contributed by atoms with Gasteiger partial charge < -0.3 is 19.4 Å². The van der Waals surface area contributed by atoms with E-state index in [4.69, 9.17) is 9.47 Å². The molecule has 2 saturated heterocycles. The number of rotatable bonds is 7. The number of benzene rings is 1. The van der Waals surface area contributed by atoms with Crippen LogP contribution in [0.15, 0.2) is 41.4 Å². The molecule has 4 rings (SSSR count). The molecule has 1 aromatic carbocycles. The summed E-state index contributed by atoms with van der Waals surface area (Å²) in [6.45, 7) is 2.65. The Balaban J connectivity index is 1.61. The van der Waals surface area contributed by atoms with Gasteiger partial charge in [0.05, 0.1) is 35.1 Å². The number of aromatic amines is 1. The fourth-order valence-electron chi connectivity index (χ4n) is 3.96. The van der Waals surface area contributed by atoms with Crippen molar-refractivity contribution in [1.82, 2.24) is 9.29 Å². The molecule has 0 bridgehead atoms. The van der Waals surface area contributed by atoms with Gasteiger partial charge in [0.15, 0.2) is 6.61 Å². The summed E-state index contributed by atoms with van der Waals surface area (Å²) < 4.78 is 38.4. The van der Waals surface area contributed by atoms with Crippen molar-refractivity contribution in [2.75, 3.05) is 50.9 Å². The summed E-state index contributed by atoms with van der Waals surface area (Å²) >= 11 is 0. The molecule has 172 valence electrons. The maximum Gasteiger partial charge on any atom is 0.340 e. The minimum absolute atomic E-state index is 0.0547. The summed E-state index contributed by atoms with van der Waals surface area (Å²) in [5.41, 5.74) is 1.04. The summed E-state index contributed by atoms with van der Waals surface area (Å²) in [5.74, 6) is -1.10. The number of carbonyl (C=O) groups is 2. The van der Waals surface area contributed by atoms with Crippen molar-refractivity contribution in [2.24, 2.45) is 0 Å². The number of H-pyrrole nitrogens is 1. The quantitative estimate of drug-likeness (QED) is 0.497. The molecule has 3 heterocycles. The Morgan fingerprint density at radius 2 is 1.78 bits per heavy atom. The lowest BCUT2D eigenvalue weighted by atomic mass is 10.1. The molecule has 2 fully saturated rings. The van der Waals surface area contributed by atoms with Crippen molar-refractivity contribution in [2.45, 2.75) is 24.2 Å². The van der Waals surface area contributed by atoms with E-state index in [9.17, 15) is 18.0 Å². The second-order valence-corrected chi connectivity index (χ2v) is 9.76. The van der Waals surface area contributed by atoms with Crippen LogP contribution in [-0.2, 0) is 19.5 Å². The summed E-state index contributed by atoms with van der Waals surface area (Å²) in [6, 6.07) is 7.83. The molecule has 0 unspecified atom stereocenters. The number of nitrogens with zero attached hydrogens (tertiary/aromatic N) is 2. The highest BCUT2D eigenvalue weighted by molar-refractivity contribution is 7.89. The van der Waals surface area contributed by atoms with Gasteiger partial charge >= 0.3 is 5.97 Å². The minimum Gasteiger partial charge on any atom is -0.454 e. The van der Waals surface area contributed by atoms with Gasteiger partial charge in [-0.2, -0.15) is 4.31 Å². The number of hydrogen-bond donors (Lipinski definition) is 1.